The van der Waals surface area contributed by atoms with E-state index in [2.05, 4.69) is 30.7 Å². The van der Waals surface area contributed by atoms with E-state index in [9.17, 15) is 0 Å². The Morgan fingerprint density at radius 1 is 1.30 bits per heavy atom. The predicted molar refractivity (Wildman–Crippen MR) is 75.5 cm³/mol. The van der Waals surface area contributed by atoms with Crippen LogP contribution in [0, 0.1) is 6.92 Å². The second-order valence-electron chi connectivity index (χ2n) is 4.44. The third-order valence-corrected chi connectivity index (χ3v) is 2.95. The van der Waals surface area contributed by atoms with E-state index in [0.717, 1.165) is 22.3 Å². The van der Waals surface area contributed by atoms with E-state index in [1.54, 1.807) is 21.8 Å². The van der Waals surface area contributed by atoms with Gasteiger partial charge in [0.1, 0.15) is 6.33 Å². The SMILES string of the molecule is Cc1nn(C)cc1C=NNc1ncnc2c1cnn2C. The van der Waals surface area contributed by atoms with Crippen LogP contribution in [0.5, 0.6) is 0 Å². The van der Waals surface area contributed by atoms with Crippen LogP contribution in [0.4, 0.5) is 5.82 Å². The van der Waals surface area contributed by atoms with Crippen LogP contribution in [0.15, 0.2) is 23.8 Å². The fourth-order valence-electron chi connectivity index (χ4n) is 1.96. The van der Waals surface area contributed by atoms with E-state index in [-0.39, 0.29) is 0 Å². The first-order chi connectivity index (χ1) is 9.65. The number of nitrogens with zero attached hydrogens (tertiary/aromatic N) is 7. The highest BCUT2D eigenvalue weighted by atomic mass is 15.3. The molecule has 0 saturated carbocycles. The summed E-state index contributed by atoms with van der Waals surface area (Å²) in [6, 6.07) is 0. The number of aryl methyl sites for hydroxylation is 3. The highest BCUT2D eigenvalue weighted by Crippen LogP contribution is 2.17. The molecule has 0 radical (unpaired) electrons. The summed E-state index contributed by atoms with van der Waals surface area (Å²) in [6.07, 6.45) is 6.81. The Kier molecular flexibility index (Phi) is 2.90. The van der Waals surface area contributed by atoms with Crippen LogP contribution in [0.25, 0.3) is 11.0 Å². The van der Waals surface area contributed by atoms with Gasteiger partial charge in [-0.15, -0.1) is 0 Å². The van der Waals surface area contributed by atoms with Gasteiger partial charge in [-0.3, -0.25) is 14.8 Å². The van der Waals surface area contributed by atoms with E-state index in [1.165, 1.54) is 6.33 Å². The minimum Gasteiger partial charge on any atom is -0.275 e. The normalized spacial score (nSPS) is 11.6. The molecule has 3 aromatic rings. The van der Waals surface area contributed by atoms with Crippen LogP contribution in [-0.4, -0.2) is 35.7 Å². The Bertz CT molecular complexity index is 782. The first-order valence-corrected chi connectivity index (χ1v) is 6.07. The Morgan fingerprint density at radius 2 is 2.15 bits per heavy atom. The van der Waals surface area contributed by atoms with Gasteiger partial charge in [-0.05, 0) is 6.92 Å². The van der Waals surface area contributed by atoms with Crippen molar-refractivity contribution in [2.24, 2.45) is 19.2 Å². The largest absolute Gasteiger partial charge is 0.275 e. The molecule has 0 amide bonds. The zero-order valence-electron chi connectivity index (χ0n) is 11.4. The van der Waals surface area contributed by atoms with Crippen molar-refractivity contribution in [3.05, 3.63) is 30.0 Å². The fourth-order valence-corrected chi connectivity index (χ4v) is 1.96. The van der Waals surface area contributed by atoms with E-state index >= 15 is 0 Å². The lowest BCUT2D eigenvalue weighted by Crippen LogP contribution is -1.97. The van der Waals surface area contributed by atoms with Gasteiger partial charge in [0.15, 0.2) is 11.5 Å². The number of anilines is 1. The van der Waals surface area contributed by atoms with Gasteiger partial charge in [0.25, 0.3) is 0 Å². The molecule has 0 bridgehead atoms. The van der Waals surface area contributed by atoms with Gasteiger partial charge >= 0.3 is 0 Å². The number of hydrazone groups is 1. The summed E-state index contributed by atoms with van der Waals surface area (Å²) in [5.74, 6) is 0.626. The summed E-state index contributed by atoms with van der Waals surface area (Å²) in [5, 5.41) is 13.4. The highest BCUT2D eigenvalue weighted by molar-refractivity contribution is 5.87. The third kappa shape index (κ3) is 2.11. The molecule has 0 aliphatic carbocycles. The lowest BCUT2D eigenvalue weighted by Gasteiger charge is -1.99. The standard InChI is InChI=1S/C12H14N8/c1-8-9(6-19(2)18-8)4-15-17-11-10-5-16-20(3)12(10)14-7-13-11/h4-7H,1-3H3,(H,13,14,17). The second kappa shape index (κ2) is 4.72. The monoisotopic (exact) mass is 270 g/mol. The molecule has 3 aromatic heterocycles. The van der Waals surface area contributed by atoms with Crippen molar-refractivity contribution in [2.75, 3.05) is 5.43 Å². The minimum absolute atomic E-state index is 0.626. The molecule has 8 nitrogen and oxygen atoms in total. The predicted octanol–water partition coefficient (Wildman–Crippen LogP) is 0.851. The zero-order valence-corrected chi connectivity index (χ0v) is 11.4. The molecule has 102 valence electrons. The fraction of sp³-hybridized carbons (Fsp3) is 0.250. The number of fused-ring (bicyclic) bond motifs is 1. The summed E-state index contributed by atoms with van der Waals surface area (Å²) >= 11 is 0. The van der Waals surface area contributed by atoms with Gasteiger partial charge in [-0.1, -0.05) is 0 Å². The molecule has 0 fully saturated rings. The molecule has 0 aliphatic heterocycles. The van der Waals surface area contributed by atoms with Gasteiger partial charge in [-0.25, -0.2) is 9.97 Å². The van der Waals surface area contributed by atoms with Gasteiger partial charge < -0.3 is 0 Å². The van der Waals surface area contributed by atoms with Crippen molar-refractivity contribution < 1.29 is 0 Å². The van der Waals surface area contributed by atoms with Crippen molar-refractivity contribution in [1.29, 1.82) is 0 Å². The smallest absolute Gasteiger partial charge is 0.163 e. The van der Waals surface area contributed by atoms with E-state index in [1.807, 2.05) is 27.2 Å². The molecule has 0 atom stereocenters. The molecule has 20 heavy (non-hydrogen) atoms. The van der Waals surface area contributed by atoms with Crippen LogP contribution in [0.3, 0.4) is 0 Å². The summed E-state index contributed by atoms with van der Waals surface area (Å²) in [6.45, 7) is 1.94. The first kappa shape index (κ1) is 12.3. The Morgan fingerprint density at radius 3 is 2.90 bits per heavy atom. The molecule has 0 aromatic carbocycles. The molecule has 1 N–H and O–H groups in total. The van der Waals surface area contributed by atoms with E-state index in [4.69, 9.17) is 0 Å². The van der Waals surface area contributed by atoms with Gasteiger partial charge in [0.2, 0.25) is 0 Å². The number of hydrogen-bond donors (Lipinski definition) is 1. The topological polar surface area (TPSA) is 85.8 Å². The highest BCUT2D eigenvalue weighted by Gasteiger charge is 2.06. The first-order valence-electron chi connectivity index (χ1n) is 6.07. The Balaban J connectivity index is 1.85. The second-order valence-corrected chi connectivity index (χ2v) is 4.44. The molecule has 3 heterocycles. The average Bonchev–Trinajstić information content (AvgIpc) is 2.94. The average molecular weight is 270 g/mol. The summed E-state index contributed by atoms with van der Waals surface area (Å²) in [4.78, 5) is 8.34. The lowest BCUT2D eigenvalue weighted by atomic mass is 10.3. The van der Waals surface area contributed by atoms with Crippen molar-refractivity contribution in [1.82, 2.24) is 29.5 Å². The van der Waals surface area contributed by atoms with Crippen LogP contribution in [0.1, 0.15) is 11.3 Å². The van der Waals surface area contributed by atoms with Crippen LogP contribution in [0.2, 0.25) is 0 Å². The summed E-state index contributed by atoms with van der Waals surface area (Å²) < 4.78 is 3.44. The van der Waals surface area contributed by atoms with Gasteiger partial charge in [-0.2, -0.15) is 15.3 Å². The molecule has 0 saturated heterocycles. The Hall–Kier alpha value is -2.77. The maximum Gasteiger partial charge on any atom is 0.163 e. The quantitative estimate of drug-likeness (QED) is 0.563. The number of nitrogens with one attached hydrogen (secondary N) is 1. The van der Waals surface area contributed by atoms with Crippen LogP contribution in [-0.2, 0) is 14.1 Å². The van der Waals surface area contributed by atoms with E-state index in [0.29, 0.717) is 5.82 Å². The number of hydrogen-bond acceptors (Lipinski definition) is 6. The summed E-state index contributed by atoms with van der Waals surface area (Å²) in [7, 11) is 3.71. The van der Waals surface area contributed by atoms with Crippen molar-refractivity contribution in [3.8, 4) is 0 Å². The van der Waals surface area contributed by atoms with Crippen LogP contribution >= 0.6 is 0 Å². The van der Waals surface area contributed by atoms with Gasteiger partial charge in [0, 0.05) is 25.9 Å². The Labute approximate surface area is 115 Å². The van der Waals surface area contributed by atoms with Gasteiger partial charge in [0.05, 0.1) is 23.5 Å². The maximum atomic E-state index is 4.25. The van der Waals surface area contributed by atoms with Crippen molar-refractivity contribution >= 4 is 23.1 Å². The number of aromatic nitrogens is 6. The molecule has 0 unspecified atom stereocenters. The molecule has 8 heteroatoms. The minimum atomic E-state index is 0.626. The van der Waals surface area contributed by atoms with Crippen LogP contribution < -0.4 is 5.43 Å². The van der Waals surface area contributed by atoms with Crippen molar-refractivity contribution in [2.45, 2.75) is 6.92 Å². The third-order valence-electron chi connectivity index (χ3n) is 2.95. The molecule has 3 rings (SSSR count). The molecular weight excluding hydrogens is 256 g/mol. The van der Waals surface area contributed by atoms with E-state index < -0.39 is 0 Å². The number of rotatable bonds is 3. The van der Waals surface area contributed by atoms with Crippen molar-refractivity contribution in [3.63, 3.8) is 0 Å². The molecule has 0 spiro atoms. The lowest BCUT2D eigenvalue weighted by molar-refractivity contribution is 0.756. The maximum absolute atomic E-state index is 4.25. The summed E-state index contributed by atoms with van der Waals surface area (Å²) in [5.41, 5.74) is 5.55. The molecule has 0 aliphatic rings. The zero-order chi connectivity index (χ0) is 14.1. The molecular formula is C12H14N8.